The summed E-state index contributed by atoms with van der Waals surface area (Å²) in [6.45, 7) is 17.2. The molecule has 1 heterocycles. The van der Waals surface area contributed by atoms with Crippen LogP contribution in [0.2, 0.25) is 0 Å². The number of fused-ring (bicyclic) bond motifs is 4. The molecule has 36 heavy (non-hydrogen) atoms. The Bertz CT molecular complexity index is 976. The minimum absolute atomic E-state index is 0.0105. The van der Waals surface area contributed by atoms with E-state index in [0.29, 0.717) is 36.6 Å². The van der Waals surface area contributed by atoms with E-state index in [1.54, 1.807) is 0 Å². The Morgan fingerprint density at radius 3 is 2.36 bits per heavy atom. The Labute approximate surface area is 217 Å². The fraction of sp³-hybridized carbons (Fsp3) is 0.935. The number of hydrogen-bond donors (Lipinski definition) is 1. The van der Waals surface area contributed by atoms with Gasteiger partial charge in [0, 0.05) is 16.7 Å². The second-order valence-electron chi connectivity index (χ2n) is 15.4. The van der Waals surface area contributed by atoms with Gasteiger partial charge in [-0.05, 0) is 92.3 Å². The average Bonchev–Trinajstić information content (AvgIpc) is 3.03. The third kappa shape index (κ3) is 2.49. The third-order valence-corrected chi connectivity index (χ3v) is 14.5. The quantitative estimate of drug-likeness (QED) is 0.377. The molecule has 12 atom stereocenters. The Balaban J connectivity index is 1.47. The summed E-state index contributed by atoms with van der Waals surface area (Å²) >= 11 is 0. The fourth-order valence-corrected chi connectivity index (χ4v) is 12.4. The lowest BCUT2D eigenvalue weighted by Gasteiger charge is -2.74. The molecule has 0 aromatic heterocycles. The molecule has 5 aliphatic carbocycles. The zero-order valence-corrected chi connectivity index (χ0v) is 23.6. The van der Waals surface area contributed by atoms with Crippen molar-refractivity contribution < 1.29 is 24.2 Å². The molecule has 0 amide bonds. The highest BCUT2D eigenvalue weighted by Gasteiger charge is 2.83. The maximum Gasteiger partial charge on any atom is 0.313 e. The first kappa shape index (κ1) is 25.2. The van der Waals surface area contributed by atoms with Gasteiger partial charge in [0.2, 0.25) is 0 Å². The van der Waals surface area contributed by atoms with Gasteiger partial charge in [0.05, 0.1) is 11.5 Å². The monoisotopic (exact) mass is 500 g/mol. The highest BCUT2D eigenvalue weighted by atomic mass is 16.6. The van der Waals surface area contributed by atoms with Crippen LogP contribution in [-0.4, -0.2) is 35.4 Å². The minimum atomic E-state index is -0.780. The Morgan fingerprint density at radius 2 is 1.67 bits per heavy atom. The molecule has 0 aromatic carbocycles. The van der Waals surface area contributed by atoms with Crippen molar-refractivity contribution in [2.24, 2.45) is 56.7 Å². The van der Waals surface area contributed by atoms with E-state index in [-0.39, 0.29) is 39.7 Å². The van der Waals surface area contributed by atoms with Gasteiger partial charge in [-0.3, -0.25) is 9.59 Å². The van der Waals surface area contributed by atoms with E-state index in [4.69, 9.17) is 9.47 Å². The predicted molar refractivity (Wildman–Crippen MR) is 137 cm³/mol. The van der Waals surface area contributed by atoms with Crippen LogP contribution in [0.3, 0.4) is 0 Å². The number of aliphatic hydroxyl groups is 1. The van der Waals surface area contributed by atoms with Crippen LogP contribution in [0.1, 0.15) is 106 Å². The number of ether oxygens (including phenoxy) is 2. The van der Waals surface area contributed by atoms with Crippen LogP contribution in [-0.2, 0) is 19.1 Å². The Morgan fingerprint density at radius 1 is 0.944 bits per heavy atom. The van der Waals surface area contributed by atoms with Crippen LogP contribution in [0.4, 0.5) is 0 Å². The summed E-state index contributed by atoms with van der Waals surface area (Å²) in [6, 6.07) is 0. The lowest BCUT2D eigenvalue weighted by atomic mass is 9.30. The van der Waals surface area contributed by atoms with E-state index in [9.17, 15) is 14.7 Å². The van der Waals surface area contributed by atoms with Crippen LogP contribution < -0.4 is 0 Å². The number of aliphatic hydroxyl groups excluding tert-OH is 1. The first-order valence-electron chi connectivity index (χ1n) is 14.8. The molecule has 5 heteroatoms. The fourth-order valence-electron chi connectivity index (χ4n) is 12.4. The summed E-state index contributed by atoms with van der Waals surface area (Å²) in [5.74, 6) is 1.76. The van der Waals surface area contributed by atoms with Gasteiger partial charge in [-0.1, -0.05) is 48.5 Å². The maximum absolute atomic E-state index is 13.8. The molecule has 202 valence electrons. The summed E-state index contributed by atoms with van der Waals surface area (Å²) in [4.78, 5) is 25.1. The van der Waals surface area contributed by atoms with Crippen molar-refractivity contribution in [2.45, 2.75) is 124 Å². The molecule has 1 aliphatic heterocycles. The Hall–Kier alpha value is -1.10. The minimum Gasteiger partial charge on any atom is -0.464 e. The average molecular weight is 501 g/mol. The van der Waals surface area contributed by atoms with Gasteiger partial charge in [0.1, 0.15) is 11.7 Å². The van der Waals surface area contributed by atoms with Crippen molar-refractivity contribution in [3.63, 3.8) is 0 Å². The molecule has 2 bridgehead atoms. The van der Waals surface area contributed by atoms with Gasteiger partial charge >= 0.3 is 5.97 Å². The van der Waals surface area contributed by atoms with E-state index in [1.165, 1.54) is 0 Å². The van der Waals surface area contributed by atoms with E-state index in [1.807, 2.05) is 0 Å². The summed E-state index contributed by atoms with van der Waals surface area (Å²) < 4.78 is 12.3. The molecular formula is C31H48O5. The van der Waals surface area contributed by atoms with Gasteiger partial charge in [0.15, 0.2) is 0 Å². The number of hydrogen-bond acceptors (Lipinski definition) is 5. The first-order chi connectivity index (χ1) is 16.8. The van der Waals surface area contributed by atoms with Crippen LogP contribution in [0.5, 0.6) is 0 Å². The summed E-state index contributed by atoms with van der Waals surface area (Å²) in [5, 5.41) is 12.3. The number of carbonyl (C=O) groups excluding carboxylic acids is 2. The molecule has 1 saturated heterocycles. The summed E-state index contributed by atoms with van der Waals surface area (Å²) in [6.07, 6.45) is 7.92. The second kappa shape index (κ2) is 7.30. The van der Waals surface area contributed by atoms with E-state index in [2.05, 4.69) is 48.5 Å². The molecule has 5 saturated carbocycles. The van der Waals surface area contributed by atoms with Crippen molar-refractivity contribution in [1.82, 2.24) is 0 Å². The zero-order chi connectivity index (χ0) is 26.1. The summed E-state index contributed by atoms with van der Waals surface area (Å²) in [7, 11) is 0. The second-order valence-corrected chi connectivity index (χ2v) is 15.4. The molecule has 1 spiro atoms. The van der Waals surface area contributed by atoms with Crippen LogP contribution in [0.15, 0.2) is 0 Å². The van der Waals surface area contributed by atoms with Gasteiger partial charge in [-0.25, -0.2) is 0 Å². The lowest BCUT2D eigenvalue weighted by molar-refractivity contribution is -0.320. The molecule has 0 aromatic rings. The standard InChI is InChI=1S/C31H48O5/c1-18-8-13-30-15-14-29(7)28(6)12-9-20-26(3,4)23(35-17-32)10-11-27(20,5)21(28)16-22(33)31(29,36-25(30)34)24(30)19(18)2/h17-24,33H,8-16H2,1-7H3/t18-,19+,20+,21-,22-,23+,24-,27+,28-,29+,30+,31+/m1/s1. The highest BCUT2D eigenvalue weighted by Crippen LogP contribution is 2.80. The molecule has 5 nitrogen and oxygen atoms in total. The van der Waals surface area contributed by atoms with Crippen molar-refractivity contribution >= 4 is 12.4 Å². The molecule has 6 rings (SSSR count). The van der Waals surface area contributed by atoms with Crippen molar-refractivity contribution in [1.29, 1.82) is 0 Å². The topological polar surface area (TPSA) is 72.8 Å². The lowest BCUT2D eigenvalue weighted by Crippen LogP contribution is -2.76. The van der Waals surface area contributed by atoms with Gasteiger partial charge in [0.25, 0.3) is 6.47 Å². The highest BCUT2D eigenvalue weighted by molar-refractivity contribution is 5.82. The predicted octanol–water partition coefficient (Wildman–Crippen LogP) is 5.92. The van der Waals surface area contributed by atoms with E-state index < -0.39 is 17.1 Å². The molecule has 0 unspecified atom stereocenters. The smallest absolute Gasteiger partial charge is 0.313 e. The van der Waals surface area contributed by atoms with Crippen molar-refractivity contribution in [2.75, 3.05) is 0 Å². The van der Waals surface area contributed by atoms with E-state index in [0.717, 1.165) is 51.4 Å². The third-order valence-electron chi connectivity index (χ3n) is 14.5. The van der Waals surface area contributed by atoms with Gasteiger partial charge in [-0.2, -0.15) is 0 Å². The number of esters is 1. The molecular weight excluding hydrogens is 452 g/mol. The van der Waals surface area contributed by atoms with Crippen molar-refractivity contribution in [3.8, 4) is 0 Å². The number of carbonyl (C=O) groups is 2. The van der Waals surface area contributed by atoms with Crippen LogP contribution >= 0.6 is 0 Å². The molecule has 6 fully saturated rings. The molecule has 6 aliphatic rings. The SMILES string of the molecule is C[C@H]1[C@H](C)CC[C@@]23CC[C@]4(C)[C@](OC2=O)([C@H](O)C[C@@H]2[C@@]5(C)CC[C@H](OC=O)C(C)(C)[C@@H]5CC[C@]24C)[C@H]13. The van der Waals surface area contributed by atoms with Gasteiger partial charge in [-0.15, -0.1) is 0 Å². The maximum atomic E-state index is 13.8. The largest absolute Gasteiger partial charge is 0.464 e. The normalized spacial score (nSPS) is 59.0. The van der Waals surface area contributed by atoms with Crippen molar-refractivity contribution in [3.05, 3.63) is 0 Å². The summed E-state index contributed by atoms with van der Waals surface area (Å²) in [5.41, 5.74) is -1.52. The number of rotatable bonds is 2. The first-order valence-corrected chi connectivity index (χ1v) is 14.8. The molecule has 0 radical (unpaired) electrons. The molecule has 1 N–H and O–H groups in total. The van der Waals surface area contributed by atoms with E-state index >= 15 is 0 Å². The van der Waals surface area contributed by atoms with Crippen LogP contribution in [0.25, 0.3) is 0 Å². The van der Waals surface area contributed by atoms with Gasteiger partial charge < -0.3 is 14.6 Å². The Kier molecular flexibility index (Phi) is 5.11. The zero-order valence-electron chi connectivity index (χ0n) is 23.6. The van der Waals surface area contributed by atoms with Crippen LogP contribution in [0, 0.1) is 56.7 Å².